The highest BCUT2D eigenvalue weighted by atomic mass is 35.5. The molecule has 0 aliphatic rings. The number of hydrogen-bond donors (Lipinski definition) is 0. The van der Waals surface area contributed by atoms with Crippen LogP contribution < -0.4 is 0 Å². The minimum atomic E-state index is -3.39. The standard InChI is InChI=1S/C9H7ClN2O3S/c1-16(13,14)7-4-2-3-6(10)8(7)9-12-11-5-15-9/h2-5H,1H3. The second-order valence-corrected chi connectivity index (χ2v) is 5.52. The van der Waals surface area contributed by atoms with Crippen LogP contribution in [0.1, 0.15) is 0 Å². The fraction of sp³-hybridized carbons (Fsp3) is 0.111. The van der Waals surface area contributed by atoms with Crippen molar-refractivity contribution in [3.63, 3.8) is 0 Å². The first-order valence-electron chi connectivity index (χ1n) is 4.25. The van der Waals surface area contributed by atoms with Crippen LogP contribution in [-0.2, 0) is 9.84 Å². The van der Waals surface area contributed by atoms with Crippen LogP contribution in [0, 0.1) is 0 Å². The minimum Gasteiger partial charge on any atom is -0.423 e. The molecule has 1 aromatic heterocycles. The Bertz CT molecular complexity index is 608. The zero-order valence-corrected chi connectivity index (χ0v) is 9.79. The SMILES string of the molecule is CS(=O)(=O)c1cccc(Cl)c1-c1nnco1. The van der Waals surface area contributed by atoms with E-state index in [1.54, 1.807) is 12.1 Å². The second-order valence-electron chi connectivity index (χ2n) is 3.13. The van der Waals surface area contributed by atoms with E-state index in [1.165, 1.54) is 6.07 Å². The van der Waals surface area contributed by atoms with Gasteiger partial charge in [0, 0.05) is 6.26 Å². The largest absolute Gasteiger partial charge is 0.423 e. The first-order chi connectivity index (χ1) is 7.50. The van der Waals surface area contributed by atoms with Gasteiger partial charge in [0.2, 0.25) is 12.3 Å². The highest BCUT2D eigenvalue weighted by Gasteiger charge is 2.20. The van der Waals surface area contributed by atoms with Gasteiger partial charge in [0.05, 0.1) is 15.5 Å². The van der Waals surface area contributed by atoms with Crippen LogP contribution in [0.4, 0.5) is 0 Å². The molecule has 0 atom stereocenters. The van der Waals surface area contributed by atoms with Crippen molar-refractivity contribution in [1.82, 2.24) is 10.2 Å². The first kappa shape index (κ1) is 11.1. The van der Waals surface area contributed by atoms with E-state index in [0.29, 0.717) is 0 Å². The summed E-state index contributed by atoms with van der Waals surface area (Å²) in [4.78, 5) is 0.0734. The summed E-state index contributed by atoms with van der Waals surface area (Å²) in [6, 6.07) is 4.56. The number of nitrogens with zero attached hydrogens (tertiary/aromatic N) is 2. The van der Waals surface area contributed by atoms with E-state index in [4.69, 9.17) is 16.0 Å². The molecule has 0 saturated heterocycles. The van der Waals surface area contributed by atoms with E-state index in [2.05, 4.69) is 10.2 Å². The normalized spacial score (nSPS) is 11.6. The van der Waals surface area contributed by atoms with Crippen molar-refractivity contribution in [2.24, 2.45) is 0 Å². The lowest BCUT2D eigenvalue weighted by atomic mass is 10.2. The van der Waals surface area contributed by atoms with Crippen LogP contribution in [-0.4, -0.2) is 24.9 Å². The van der Waals surface area contributed by atoms with E-state index in [0.717, 1.165) is 12.6 Å². The Morgan fingerprint density at radius 1 is 1.38 bits per heavy atom. The molecule has 0 spiro atoms. The molecule has 16 heavy (non-hydrogen) atoms. The van der Waals surface area contributed by atoms with Crippen molar-refractivity contribution in [2.75, 3.05) is 6.26 Å². The molecule has 2 rings (SSSR count). The Morgan fingerprint density at radius 2 is 2.12 bits per heavy atom. The van der Waals surface area contributed by atoms with E-state index in [9.17, 15) is 8.42 Å². The molecular formula is C9H7ClN2O3S. The van der Waals surface area contributed by atoms with Crippen molar-refractivity contribution >= 4 is 21.4 Å². The van der Waals surface area contributed by atoms with E-state index in [-0.39, 0.29) is 21.4 Å². The lowest BCUT2D eigenvalue weighted by molar-refractivity contribution is 0.565. The van der Waals surface area contributed by atoms with Crippen molar-refractivity contribution in [3.8, 4) is 11.5 Å². The molecule has 7 heteroatoms. The van der Waals surface area contributed by atoms with Crippen LogP contribution in [0.15, 0.2) is 33.9 Å². The van der Waals surface area contributed by atoms with Crippen LogP contribution in [0.25, 0.3) is 11.5 Å². The number of hydrogen-bond acceptors (Lipinski definition) is 5. The van der Waals surface area contributed by atoms with Gasteiger partial charge in [-0.25, -0.2) is 8.42 Å². The zero-order valence-electron chi connectivity index (χ0n) is 8.21. The molecule has 0 unspecified atom stereocenters. The molecule has 0 N–H and O–H groups in total. The Morgan fingerprint density at radius 3 is 2.69 bits per heavy atom. The minimum absolute atomic E-state index is 0.0734. The van der Waals surface area contributed by atoms with Crippen LogP contribution in [0.3, 0.4) is 0 Å². The lowest BCUT2D eigenvalue weighted by Gasteiger charge is -2.05. The van der Waals surface area contributed by atoms with Gasteiger partial charge in [-0.05, 0) is 12.1 Å². The molecule has 0 bridgehead atoms. The smallest absolute Gasteiger partial charge is 0.250 e. The Labute approximate surface area is 97.0 Å². The molecule has 5 nitrogen and oxygen atoms in total. The summed E-state index contributed by atoms with van der Waals surface area (Å²) in [5.74, 6) is 0.0889. The predicted molar refractivity (Wildman–Crippen MR) is 57.9 cm³/mol. The number of rotatable bonds is 2. The van der Waals surface area contributed by atoms with Gasteiger partial charge in [-0.15, -0.1) is 10.2 Å². The number of halogens is 1. The Balaban J connectivity index is 2.78. The predicted octanol–water partition coefficient (Wildman–Crippen LogP) is 1.79. The quantitative estimate of drug-likeness (QED) is 0.821. The molecule has 84 valence electrons. The monoisotopic (exact) mass is 258 g/mol. The van der Waals surface area contributed by atoms with Crippen LogP contribution in [0.5, 0.6) is 0 Å². The van der Waals surface area contributed by atoms with Crippen LogP contribution in [0.2, 0.25) is 5.02 Å². The second kappa shape index (κ2) is 3.88. The molecule has 0 aliphatic carbocycles. The fourth-order valence-electron chi connectivity index (χ4n) is 1.30. The number of benzene rings is 1. The highest BCUT2D eigenvalue weighted by molar-refractivity contribution is 7.90. The number of sulfone groups is 1. The van der Waals surface area contributed by atoms with E-state index in [1.807, 2.05) is 0 Å². The van der Waals surface area contributed by atoms with Gasteiger partial charge < -0.3 is 4.42 Å². The van der Waals surface area contributed by atoms with Crippen molar-refractivity contribution < 1.29 is 12.8 Å². The summed E-state index contributed by atoms with van der Waals surface area (Å²) < 4.78 is 28.1. The topological polar surface area (TPSA) is 73.1 Å². The molecule has 1 heterocycles. The molecule has 1 aromatic carbocycles. The Hall–Kier alpha value is -1.40. The molecule has 0 fully saturated rings. The van der Waals surface area contributed by atoms with E-state index < -0.39 is 9.84 Å². The van der Waals surface area contributed by atoms with Crippen molar-refractivity contribution in [2.45, 2.75) is 4.90 Å². The highest BCUT2D eigenvalue weighted by Crippen LogP contribution is 2.32. The van der Waals surface area contributed by atoms with Crippen molar-refractivity contribution in [1.29, 1.82) is 0 Å². The third kappa shape index (κ3) is 1.94. The summed E-state index contributed by atoms with van der Waals surface area (Å²) in [6.07, 6.45) is 2.21. The molecule has 0 saturated carbocycles. The molecule has 0 amide bonds. The van der Waals surface area contributed by atoms with Crippen LogP contribution >= 0.6 is 11.6 Å². The Kier molecular flexibility index (Phi) is 2.69. The molecular weight excluding hydrogens is 252 g/mol. The molecule has 0 aliphatic heterocycles. The summed E-state index contributed by atoms with van der Waals surface area (Å²) >= 11 is 5.93. The first-order valence-corrected chi connectivity index (χ1v) is 6.52. The molecule has 0 radical (unpaired) electrons. The van der Waals surface area contributed by atoms with Gasteiger partial charge in [-0.3, -0.25) is 0 Å². The average Bonchev–Trinajstić information content (AvgIpc) is 2.68. The maximum Gasteiger partial charge on any atom is 0.250 e. The fourth-order valence-corrected chi connectivity index (χ4v) is 2.51. The number of aromatic nitrogens is 2. The van der Waals surface area contributed by atoms with Crippen molar-refractivity contribution in [3.05, 3.63) is 29.6 Å². The van der Waals surface area contributed by atoms with Gasteiger partial charge >= 0.3 is 0 Å². The third-order valence-electron chi connectivity index (χ3n) is 1.95. The van der Waals surface area contributed by atoms with Gasteiger partial charge in [0.1, 0.15) is 0 Å². The van der Waals surface area contributed by atoms with Gasteiger partial charge in [-0.2, -0.15) is 0 Å². The average molecular weight is 259 g/mol. The van der Waals surface area contributed by atoms with E-state index >= 15 is 0 Å². The van der Waals surface area contributed by atoms with Gasteiger partial charge in [0.25, 0.3) is 0 Å². The zero-order chi connectivity index (χ0) is 11.8. The maximum absolute atomic E-state index is 11.6. The lowest BCUT2D eigenvalue weighted by Crippen LogP contribution is -2.00. The molecule has 2 aromatic rings. The third-order valence-corrected chi connectivity index (χ3v) is 3.40. The maximum atomic E-state index is 11.6. The van der Waals surface area contributed by atoms with Gasteiger partial charge in [-0.1, -0.05) is 17.7 Å². The van der Waals surface area contributed by atoms with Gasteiger partial charge in [0.15, 0.2) is 9.84 Å². The summed E-state index contributed by atoms with van der Waals surface area (Å²) in [7, 11) is -3.39. The summed E-state index contributed by atoms with van der Waals surface area (Å²) in [5, 5.41) is 7.41. The summed E-state index contributed by atoms with van der Waals surface area (Å²) in [5.41, 5.74) is 0.240. The summed E-state index contributed by atoms with van der Waals surface area (Å²) in [6.45, 7) is 0.